The van der Waals surface area contributed by atoms with Crippen LogP contribution in [-0.2, 0) is 19.1 Å². The average molecular weight is 484 g/mol. The van der Waals surface area contributed by atoms with Crippen LogP contribution in [0.3, 0.4) is 0 Å². The van der Waals surface area contributed by atoms with Crippen molar-refractivity contribution in [2.24, 2.45) is 5.92 Å². The van der Waals surface area contributed by atoms with Gasteiger partial charge in [0.1, 0.15) is 11.5 Å². The molecule has 0 radical (unpaired) electrons. The Kier molecular flexibility index (Phi) is 6.97. The third-order valence-corrected chi connectivity index (χ3v) is 6.66. The van der Waals surface area contributed by atoms with E-state index in [4.69, 9.17) is 14.2 Å². The number of rotatable bonds is 8. The van der Waals surface area contributed by atoms with E-state index >= 15 is 0 Å². The number of methoxy groups -OCH3 is 2. The molecule has 1 fully saturated rings. The maximum Gasteiger partial charge on any atom is 0.311 e. The Bertz CT molecular complexity index is 1190. The van der Waals surface area contributed by atoms with Gasteiger partial charge in [-0.25, -0.2) is 4.98 Å². The number of benzene rings is 2. The van der Waals surface area contributed by atoms with Crippen molar-refractivity contribution in [2.75, 3.05) is 43.7 Å². The number of carbonyl (C=O) groups excluding carboxylic acids is 3. The molecule has 1 atom stereocenters. The number of para-hydroxylation sites is 1. The summed E-state index contributed by atoms with van der Waals surface area (Å²) in [6.07, 6.45) is -0.0112. The Morgan fingerprint density at radius 1 is 1.18 bits per heavy atom. The number of ether oxygens (including phenoxy) is 3. The molecule has 10 heteroatoms. The molecule has 2 heterocycles. The summed E-state index contributed by atoms with van der Waals surface area (Å²) in [6, 6.07) is 12.7. The second-order valence-electron chi connectivity index (χ2n) is 7.65. The first-order chi connectivity index (χ1) is 16.4. The van der Waals surface area contributed by atoms with E-state index in [0.717, 1.165) is 10.2 Å². The number of nitrogens with zero attached hydrogens (tertiary/aromatic N) is 3. The summed E-state index contributed by atoms with van der Waals surface area (Å²) >= 11 is 1.40. The van der Waals surface area contributed by atoms with Gasteiger partial charge in [-0.1, -0.05) is 23.5 Å². The Morgan fingerprint density at radius 2 is 1.97 bits per heavy atom. The minimum absolute atomic E-state index is 0.0112. The molecule has 1 saturated heterocycles. The number of fused-ring (bicyclic) bond motifs is 1. The number of hydrogen-bond donors (Lipinski definition) is 0. The zero-order chi connectivity index (χ0) is 24.2. The van der Waals surface area contributed by atoms with Crippen molar-refractivity contribution < 1.29 is 28.6 Å². The van der Waals surface area contributed by atoms with Gasteiger partial charge in [-0.3, -0.25) is 19.3 Å². The van der Waals surface area contributed by atoms with Crippen molar-refractivity contribution in [2.45, 2.75) is 13.3 Å². The highest BCUT2D eigenvalue weighted by Crippen LogP contribution is 2.36. The monoisotopic (exact) mass is 483 g/mol. The van der Waals surface area contributed by atoms with Gasteiger partial charge in [0.15, 0.2) is 11.7 Å². The van der Waals surface area contributed by atoms with Crippen LogP contribution in [0.5, 0.6) is 11.5 Å². The lowest BCUT2D eigenvalue weighted by molar-refractivity contribution is -0.151. The van der Waals surface area contributed by atoms with Gasteiger partial charge in [0.05, 0.1) is 36.0 Å². The van der Waals surface area contributed by atoms with E-state index in [9.17, 15) is 14.4 Å². The minimum atomic E-state index is -0.686. The van der Waals surface area contributed by atoms with E-state index in [1.165, 1.54) is 35.4 Å². The van der Waals surface area contributed by atoms with Gasteiger partial charge in [0.25, 0.3) is 5.91 Å². The summed E-state index contributed by atoms with van der Waals surface area (Å²) in [5.74, 6) is -0.822. The second-order valence-corrected chi connectivity index (χ2v) is 8.66. The van der Waals surface area contributed by atoms with E-state index in [1.54, 1.807) is 18.2 Å². The maximum absolute atomic E-state index is 12.8. The quantitative estimate of drug-likeness (QED) is 0.454. The molecule has 4 rings (SSSR count). The lowest BCUT2D eigenvalue weighted by atomic mass is 10.1. The van der Waals surface area contributed by atoms with Gasteiger partial charge in [0.2, 0.25) is 5.91 Å². The number of aromatic nitrogens is 1. The standard InChI is InChI=1S/C24H25N3O6S/c1-4-26(24-25-17-7-5-6-8-20(17)34-24)22(29)14-33-23(30)15-11-21(28)27(13-15)18-12-16(31-2)9-10-19(18)32-3/h5-10,12,15H,4,11,13-14H2,1-3H3/t15-/m0/s1. The zero-order valence-corrected chi connectivity index (χ0v) is 20.0. The van der Waals surface area contributed by atoms with Crippen molar-refractivity contribution in [1.29, 1.82) is 0 Å². The SMILES string of the molecule is CCN(C(=O)COC(=O)[C@H]1CC(=O)N(c2cc(OC)ccc2OC)C1)c1nc2ccccc2s1. The molecule has 3 aromatic rings. The van der Waals surface area contributed by atoms with Crippen molar-refractivity contribution in [3.8, 4) is 11.5 Å². The van der Waals surface area contributed by atoms with Crippen LogP contribution < -0.4 is 19.3 Å². The number of amides is 2. The van der Waals surface area contributed by atoms with Crippen molar-refractivity contribution in [3.63, 3.8) is 0 Å². The van der Waals surface area contributed by atoms with Crippen LogP contribution in [0.25, 0.3) is 10.2 Å². The molecule has 1 aliphatic heterocycles. The summed E-state index contributed by atoms with van der Waals surface area (Å²) in [5.41, 5.74) is 1.33. The second kappa shape index (κ2) is 10.1. The lowest BCUT2D eigenvalue weighted by Crippen LogP contribution is -2.35. The number of hydrogen-bond acceptors (Lipinski definition) is 8. The van der Waals surface area contributed by atoms with E-state index in [1.807, 2.05) is 31.2 Å². The van der Waals surface area contributed by atoms with Gasteiger partial charge in [-0.05, 0) is 31.2 Å². The van der Waals surface area contributed by atoms with E-state index in [0.29, 0.717) is 28.9 Å². The molecule has 178 valence electrons. The summed E-state index contributed by atoms with van der Waals surface area (Å²) in [6.45, 7) is 1.93. The van der Waals surface area contributed by atoms with Crippen molar-refractivity contribution in [1.82, 2.24) is 4.98 Å². The third-order valence-electron chi connectivity index (χ3n) is 5.60. The van der Waals surface area contributed by atoms with E-state index in [2.05, 4.69) is 4.98 Å². The van der Waals surface area contributed by atoms with Crippen LogP contribution in [0.15, 0.2) is 42.5 Å². The minimum Gasteiger partial charge on any atom is -0.497 e. The Hall–Kier alpha value is -3.66. The third kappa shape index (κ3) is 4.67. The molecule has 1 aromatic heterocycles. The number of likely N-dealkylation sites (N-methyl/N-ethyl adjacent to an activating group) is 1. The highest BCUT2D eigenvalue weighted by atomic mass is 32.1. The Labute approximate surface area is 200 Å². The van der Waals surface area contributed by atoms with Crippen LogP contribution in [0.4, 0.5) is 10.8 Å². The molecule has 34 heavy (non-hydrogen) atoms. The van der Waals surface area contributed by atoms with Crippen LogP contribution in [0, 0.1) is 5.92 Å². The molecule has 1 aliphatic rings. The molecule has 0 bridgehead atoms. The van der Waals surface area contributed by atoms with Crippen molar-refractivity contribution >= 4 is 50.2 Å². The van der Waals surface area contributed by atoms with Gasteiger partial charge >= 0.3 is 5.97 Å². The van der Waals surface area contributed by atoms with Crippen LogP contribution in [-0.4, -0.2) is 56.7 Å². The summed E-state index contributed by atoms with van der Waals surface area (Å²) in [5, 5.41) is 0.553. The molecule has 2 amide bonds. The predicted octanol–water partition coefficient (Wildman–Crippen LogP) is 3.26. The van der Waals surface area contributed by atoms with Crippen molar-refractivity contribution in [3.05, 3.63) is 42.5 Å². The fourth-order valence-corrected chi connectivity index (χ4v) is 4.88. The molecule has 0 N–H and O–H groups in total. The summed E-state index contributed by atoms with van der Waals surface area (Å²) < 4.78 is 16.9. The van der Waals surface area contributed by atoms with Gasteiger partial charge in [-0.2, -0.15) is 0 Å². The van der Waals surface area contributed by atoms with Crippen LogP contribution in [0.2, 0.25) is 0 Å². The molecular weight excluding hydrogens is 458 g/mol. The van der Waals surface area contributed by atoms with Crippen LogP contribution in [0.1, 0.15) is 13.3 Å². The number of thiazole rings is 1. The molecule has 0 spiro atoms. The van der Waals surface area contributed by atoms with Gasteiger partial charge in [-0.15, -0.1) is 0 Å². The Balaban J connectivity index is 1.40. The first kappa shape index (κ1) is 23.5. The molecule has 2 aromatic carbocycles. The number of carbonyl (C=O) groups is 3. The average Bonchev–Trinajstić information content (AvgIpc) is 3.46. The molecule has 0 aliphatic carbocycles. The smallest absolute Gasteiger partial charge is 0.311 e. The topological polar surface area (TPSA) is 98.3 Å². The molecular formula is C24H25N3O6S. The normalized spacial score (nSPS) is 15.4. The number of anilines is 2. The predicted molar refractivity (Wildman–Crippen MR) is 129 cm³/mol. The van der Waals surface area contributed by atoms with E-state index in [-0.39, 0.29) is 24.8 Å². The number of esters is 1. The Morgan fingerprint density at radius 3 is 2.68 bits per heavy atom. The maximum atomic E-state index is 12.8. The fourth-order valence-electron chi connectivity index (χ4n) is 3.83. The van der Waals surface area contributed by atoms with E-state index < -0.39 is 18.5 Å². The summed E-state index contributed by atoms with van der Waals surface area (Å²) in [4.78, 5) is 45.6. The lowest BCUT2D eigenvalue weighted by Gasteiger charge is -2.20. The molecule has 9 nitrogen and oxygen atoms in total. The molecule has 0 saturated carbocycles. The first-order valence-electron chi connectivity index (χ1n) is 10.8. The highest BCUT2D eigenvalue weighted by Gasteiger charge is 2.38. The largest absolute Gasteiger partial charge is 0.497 e. The first-order valence-corrected chi connectivity index (χ1v) is 11.6. The van der Waals surface area contributed by atoms with Gasteiger partial charge < -0.3 is 19.1 Å². The fraction of sp³-hybridized carbons (Fsp3) is 0.333. The van der Waals surface area contributed by atoms with Gasteiger partial charge in [0, 0.05) is 25.6 Å². The van der Waals surface area contributed by atoms with Crippen LogP contribution >= 0.6 is 11.3 Å². The molecule has 0 unspecified atom stereocenters. The zero-order valence-electron chi connectivity index (χ0n) is 19.1. The summed E-state index contributed by atoms with van der Waals surface area (Å²) in [7, 11) is 3.04. The highest BCUT2D eigenvalue weighted by molar-refractivity contribution is 7.22.